The Morgan fingerprint density at radius 1 is 1.20 bits per heavy atom. The molecule has 0 atom stereocenters. The predicted octanol–water partition coefficient (Wildman–Crippen LogP) is 3.55. The van der Waals surface area contributed by atoms with Crippen LogP contribution in [0.5, 0.6) is 0 Å². The predicted molar refractivity (Wildman–Crippen MR) is 76.2 cm³/mol. The lowest BCUT2D eigenvalue weighted by Crippen LogP contribution is -2.28. The summed E-state index contributed by atoms with van der Waals surface area (Å²) in [7, 11) is 0. The molecule has 1 aliphatic carbocycles. The molecule has 4 nitrogen and oxygen atoms in total. The first-order chi connectivity index (χ1) is 9.38. The Bertz CT molecular complexity index is 719. The second-order valence-electron chi connectivity index (χ2n) is 6.08. The molecule has 3 rings (SSSR count). The first-order valence-corrected chi connectivity index (χ1v) is 6.77. The maximum atomic E-state index is 12.4. The van der Waals surface area contributed by atoms with E-state index in [-0.39, 0.29) is 5.78 Å². The third-order valence-electron chi connectivity index (χ3n) is 3.42. The molecule has 0 saturated carbocycles. The van der Waals surface area contributed by atoms with Crippen molar-refractivity contribution in [1.29, 1.82) is 0 Å². The van der Waals surface area contributed by atoms with E-state index in [2.05, 4.69) is 0 Å². The molecule has 0 bridgehead atoms. The molecule has 4 heteroatoms. The minimum atomic E-state index is -0.586. The number of aromatic nitrogens is 1. The number of carbonyl (C=O) groups excluding carboxylic acids is 2. The number of hydrogen-bond acceptors (Lipinski definition) is 3. The lowest BCUT2D eigenvalue weighted by molar-refractivity contribution is 0.0536. The topological polar surface area (TPSA) is 48.3 Å². The first kappa shape index (κ1) is 12.9. The molecule has 0 unspecified atom stereocenters. The van der Waals surface area contributed by atoms with Crippen LogP contribution in [0, 0.1) is 0 Å². The van der Waals surface area contributed by atoms with Gasteiger partial charge in [-0.3, -0.25) is 4.79 Å². The summed E-state index contributed by atoms with van der Waals surface area (Å²) in [6.45, 7) is 5.45. The SMILES string of the molecule is CC(C)(C)OC(=O)n1c2c(c3ccccc31)CCC2=O. The van der Waals surface area contributed by atoms with Gasteiger partial charge in [-0.2, -0.15) is 0 Å². The Kier molecular flexibility index (Phi) is 2.71. The summed E-state index contributed by atoms with van der Waals surface area (Å²) in [5.41, 5.74) is 1.63. The van der Waals surface area contributed by atoms with Crippen LogP contribution in [-0.4, -0.2) is 22.0 Å². The van der Waals surface area contributed by atoms with E-state index in [1.165, 1.54) is 4.57 Å². The van der Waals surface area contributed by atoms with Gasteiger partial charge >= 0.3 is 6.09 Å². The Morgan fingerprint density at radius 3 is 2.60 bits per heavy atom. The third-order valence-corrected chi connectivity index (χ3v) is 3.42. The zero-order valence-electron chi connectivity index (χ0n) is 11.9. The van der Waals surface area contributed by atoms with E-state index in [0.29, 0.717) is 18.5 Å². The largest absolute Gasteiger partial charge is 0.443 e. The van der Waals surface area contributed by atoms with Crippen molar-refractivity contribution < 1.29 is 14.3 Å². The summed E-state index contributed by atoms with van der Waals surface area (Å²) in [5, 5.41) is 0.971. The van der Waals surface area contributed by atoms with Gasteiger partial charge in [-0.25, -0.2) is 9.36 Å². The standard InChI is InChI=1S/C16H17NO3/c1-16(2,3)20-15(19)17-12-7-5-4-6-10(12)11-8-9-13(18)14(11)17/h4-7H,8-9H2,1-3H3. The molecule has 0 spiro atoms. The first-order valence-electron chi connectivity index (χ1n) is 6.77. The number of para-hydroxylation sites is 1. The van der Waals surface area contributed by atoms with E-state index in [4.69, 9.17) is 4.74 Å². The van der Waals surface area contributed by atoms with Gasteiger partial charge in [-0.1, -0.05) is 18.2 Å². The van der Waals surface area contributed by atoms with Crippen molar-refractivity contribution >= 4 is 22.8 Å². The maximum Gasteiger partial charge on any atom is 0.419 e. The number of aryl methyl sites for hydroxylation is 1. The number of benzene rings is 1. The fraction of sp³-hybridized carbons (Fsp3) is 0.375. The molecule has 0 radical (unpaired) electrons. The molecule has 0 amide bonds. The molecule has 1 aliphatic rings. The summed E-state index contributed by atoms with van der Waals surface area (Å²) in [4.78, 5) is 24.5. The molecular formula is C16H17NO3. The van der Waals surface area contributed by atoms with E-state index in [1.54, 1.807) is 0 Å². The maximum absolute atomic E-state index is 12.4. The Morgan fingerprint density at radius 2 is 1.90 bits per heavy atom. The Balaban J connectivity index is 2.22. The van der Waals surface area contributed by atoms with Gasteiger partial charge in [0, 0.05) is 11.8 Å². The van der Waals surface area contributed by atoms with Crippen LogP contribution >= 0.6 is 0 Å². The molecular weight excluding hydrogens is 254 g/mol. The molecule has 0 saturated heterocycles. The summed E-state index contributed by atoms with van der Waals surface area (Å²) < 4.78 is 6.87. The molecule has 1 heterocycles. The van der Waals surface area contributed by atoms with Gasteiger partial charge in [-0.15, -0.1) is 0 Å². The van der Waals surface area contributed by atoms with Crippen LogP contribution < -0.4 is 0 Å². The number of hydrogen-bond donors (Lipinski definition) is 0. The number of carbonyl (C=O) groups is 2. The van der Waals surface area contributed by atoms with Crippen LogP contribution in [0.1, 0.15) is 43.2 Å². The molecule has 0 fully saturated rings. The summed E-state index contributed by atoms with van der Waals surface area (Å²) in [6.07, 6.45) is 0.688. The van der Waals surface area contributed by atoms with Gasteiger partial charge in [-0.05, 0) is 38.8 Å². The highest BCUT2D eigenvalue weighted by atomic mass is 16.6. The van der Waals surface area contributed by atoms with Crippen molar-refractivity contribution in [3.05, 3.63) is 35.5 Å². The number of Topliss-reactive ketones (excluding diaryl/α,β-unsaturated/α-hetero) is 1. The summed E-state index contributed by atoms with van der Waals surface area (Å²) in [6, 6.07) is 7.59. The summed E-state index contributed by atoms with van der Waals surface area (Å²) in [5.74, 6) is 0.0158. The van der Waals surface area contributed by atoms with Crippen LogP contribution in [0.25, 0.3) is 10.9 Å². The van der Waals surface area contributed by atoms with Gasteiger partial charge in [0.15, 0.2) is 5.78 Å². The Labute approximate surface area is 117 Å². The molecule has 0 aliphatic heterocycles. The molecule has 1 aromatic heterocycles. The lowest BCUT2D eigenvalue weighted by atomic mass is 10.1. The van der Waals surface area contributed by atoms with Crippen LogP contribution in [0.15, 0.2) is 24.3 Å². The van der Waals surface area contributed by atoms with Crippen molar-refractivity contribution in [2.24, 2.45) is 0 Å². The second-order valence-corrected chi connectivity index (χ2v) is 6.08. The molecule has 0 N–H and O–H groups in total. The highest BCUT2D eigenvalue weighted by Crippen LogP contribution is 2.33. The van der Waals surface area contributed by atoms with E-state index in [9.17, 15) is 9.59 Å². The van der Waals surface area contributed by atoms with Gasteiger partial charge < -0.3 is 4.74 Å². The lowest BCUT2D eigenvalue weighted by Gasteiger charge is -2.20. The van der Waals surface area contributed by atoms with Crippen LogP contribution in [0.2, 0.25) is 0 Å². The quantitative estimate of drug-likeness (QED) is 0.736. The second kappa shape index (κ2) is 4.20. The van der Waals surface area contributed by atoms with Crippen molar-refractivity contribution in [1.82, 2.24) is 4.57 Å². The van der Waals surface area contributed by atoms with E-state index in [1.807, 2.05) is 45.0 Å². The highest BCUT2D eigenvalue weighted by Gasteiger charge is 2.32. The van der Waals surface area contributed by atoms with Crippen LogP contribution in [0.3, 0.4) is 0 Å². The zero-order chi connectivity index (χ0) is 14.5. The van der Waals surface area contributed by atoms with Crippen LogP contribution in [-0.2, 0) is 11.2 Å². The minimum absolute atomic E-state index is 0.0158. The Hall–Kier alpha value is -2.10. The third kappa shape index (κ3) is 1.92. The van der Waals surface area contributed by atoms with Crippen molar-refractivity contribution in [3.8, 4) is 0 Å². The van der Waals surface area contributed by atoms with Gasteiger partial charge in [0.1, 0.15) is 5.60 Å². The number of fused-ring (bicyclic) bond motifs is 3. The fourth-order valence-corrected chi connectivity index (χ4v) is 2.71. The molecule has 104 valence electrons. The normalized spacial score (nSPS) is 14.7. The van der Waals surface area contributed by atoms with Crippen LogP contribution in [0.4, 0.5) is 4.79 Å². The van der Waals surface area contributed by atoms with Gasteiger partial charge in [0.2, 0.25) is 0 Å². The van der Waals surface area contributed by atoms with Crippen molar-refractivity contribution in [3.63, 3.8) is 0 Å². The van der Waals surface area contributed by atoms with Gasteiger partial charge in [0.05, 0.1) is 11.2 Å². The number of rotatable bonds is 0. The molecule has 20 heavy (non-hydrogen) atoms. The smallest absolute Gasteiger partial charge is 0.419 e. The number of ether oxygens (including phenoxy) is 1. The fourth-order valence-electron chi connectivity index (χ4n) is 2.71. The average molecular weight is 271 g/mol. The minimum Gasteiger partial charge on any atom is -0.443 e. The van der Waals surface area contributed by atoms with Gasteiger partial charge in [0.25, 0.3) is 0 Å². The molecule has 1 aromatic carbocycles. The summed E-state index contributed by atoms with van der Waals surface area (Å²) >= 11 is 0. The highest BCUT2D eigenvalue weighted by molar-refractivity contribution is 6.09. The van der Waals surface area contributed by atoms with E-state index < -0.39 is 11.7 Å². The number of nitrogens with zero attached hydrogens (tertiary/aromatic N) is 1. The monoisotopic (exact) mass is 271 g/mol. The van der Waals surface area contributed by atoms with E-state index >= 15 is 0 Å². The molecule has 2 aromatic rings. The average Bonchev–Trinajstić information content (AvgIpc) is 2.86. The zero-order valence-corrected chi connectivity index (χ0v) is 11.9. The van der Waals surface area contributed by atoms with Crippen molar-refractivity contribution in [2.75, 3.05) is 0 Å². The number of ketones is 1. The van der Waals surface area contributed by atoms with E-state index in [0.717, 1.165) is 16.5 Å². The van der Waals surface area contributed by atoms with Crippen molar-refractivity contribution in [2.45, 2.75) is 39.2 Å².